The normalized spacial score (nSPS) is 19.1. The van der Waals surface area contributed by atoms with E-state index in [1.807, 2.05) is 47.4 Å². The molecule has 2 atom stereocenters. The molecule has 5 rings (SSSR count). The van der Waals surface area contributed by atoms with Crippen LogP contribution in [0.2, 0.25) is 0 Å². The Morgan fingerprint density at radius 1 is 1.00 bits per heavy atom. The highest BCUT2D eigenvalue weighted by atomic mass is 19.2. The molecule has 2 aliphatic heterocycles. The van der Waals surface area contributed by atoms with Crippen molar-refractivity contribution in [2.45, 2.75) is 38.0 Å². The van der Waals surface area contributed by atoms with Crippen LogP contribution in [0.15, 0.2) is 66.7 Å². The van der Waals surface area contributed by atoms with Gasteiger partial charge in [0.2, 0.25) is 5.91 Å². The number of hydrogen-bond acceptors (Lipinski definition) is 5. The van der Waals surface area contributed by atoms with Gasteiger partial charge in [0, 0.05) is 38.8 Å². The van der Waals surface area contributed by atoms with E-state index in [0.29, 0.717) is 56.2 Å². The molecule has 1 amide bonds. The average molecular weight is 548 g/mol. The number of ether oxygens (including phenoxy) is 2. The third-order valence-corrected chi connectivity index (χ3v) is 7.75. The van der Waals surface area contributed by atoms with Gasteiger partial charge in [-0.1, -0.05) is 48.6 Å². The zero-order chi connectivity index (χ0) is 28.1. The highest BCUT2D eigenvalue weighted by molar-refractivity contribution is 5.83. The highest BCUT2D eigenvalue weighted by Crippen LogP contribution is 2.34. The van der Waals surface area contributed by atoms with Crippen molar-refractivity contribution in [1.82, 2.24) is 15.1 Å². The lowest BCUT2D eigenvalue weighted by molar-refractivity contribution is -0.136. The average Bonchev–Trinajstić information content (AvgIpc) is 3.39. The molecule has 1 N–H and O–H groups in total. The number of hydrogen-bond donors (Lipinski definition) is 1. The smallest absolute Gasteiger partial charge is 0.240 e. The van der Waals surface area contributed by atoms with E-state index in [4.69, 9.17) is 9.47 Å². The van der Waals surface area contributed by atoms with Crippen molar-refractivity contribution in [3.8, 4) is 11.5 Å². The second-order valence-corrected chi connectivity index (χ2v) is 10.3. The third kappa shape index (κ3) is 6.35. The summed E-state index contributed by atoms with van der Waals surface area (Å²) >= 11 is 0. The molecule has 1 saturated heterocycles. The summed E-state index contributed by atoms with van der Waals surface area (Å²) in [4.78, 5) is 18.1. The number of carbonyl (C=O) groups is 1. The van der Waals surface area contributed by atoms with E-state index < -0.39 is 11.6 Å². The SMILES string of the molecule is COc1cc2c(cc1OC)CN(C(=O)[C@@H]1C[C@@H](NCc3ccc(F)c(F)c3)CN1C/C=C/c1ccccc1)CC2. The van der Waals surface area contributed by atoms with Crippen LogP contribution in [0.4, 0.5) is 8.78 Å². The number of fused-ring (bicyclic) bond motifs is 1. The fourth-order valence-corrected chi connectivity index (χ4v) is 5.59. The first-order valence-corrected chi connectivity index (χ1v) is 13.6. The zero-order valence-electron chi connectivity index (χ0n) is 22.9. The van der Waals surface area contributed by atoms with Gasteiger partial charge in [0.15, 0.2) is 23.1 Å². The number of rotatable bonds is 9. The summed E-state index contributed by atoms with van der Waals surface area (Å²) in [5.74, 6) is -0.253. The molecule has 6 nitrogen and oxygen atoms in total. The molecular weight excluding hydrogens is 512 g/mol. The summed E-state index contributed by atoms with van der Waals surface area (Å²) in [5, 5.41) is 3.46. The molecular formula is C32H35F2N3O3. The number of carbonyl (C=O) groups excluding carboxylic acids is 1. The van der Waals surface area contributed by atoms with Crippen molar-refractivity contribution in [3.05, 3.63) is 101 Å². The number of nitrogens with one attached hydrogen (secondary N) is 1. The molecule has 0 radical (unpaired) electrons. The quantitative estimate of drug-likeness (QED) is 0.417. The third-order valence-electron chi connectivity index (χ3n) is 7.75. The maximum Gasteiger partial charge on any atom is 0.240 e. The van der Waals surface area contributed by atoms with Crippen LogP contribution in [0.5, 0.6) is 11.5 Å². The van der Waals surface area contributed by atoms with Gasteiger partial charge in [-0.25, -0.2) is 8.78 Å². The molecule has 0 unspecified atom stereocenters. The summed E-state index contributed by atoms with van der Waals surface area (Å²) in [6, 6.07) is 17.7. The lowest BCUT2D eigenvalue weighted by Gasteiger charge is -2.33. The summed E-state index contributed by atoms with van der Waals surface area (Å²) < 4.78 is 38.0. The van der Waals surface area contributed by atoms with Crippen LogP contribution in [0.3, 0.4) is 0 Å². The van der Waals surface area contributed by atoms with Crippen molar-refractivity contribution in [1.29, 1.82) is 0 Å². The first-order valence-electron chi connectivity index (χ1n) is 13.6. The van der Waals surface area contributed by atoms with Gasteiger partial charge in [-0.3, -0.25) is 9.69 Å². The largest absolute Gasteiger partial charge is 0.493 e. The van der Waals surface area contributed by atoms with Crippen LogP contribution in [-0.4, -0.2) is 61.6 Å². The molecule has 0 saturated carbocycles. The van der Waals surface area contributed by atoms with Gasteiger partial charge >= 0.3 is 0 Å². The van der Waals surface area contributed by atoms with Crippen LogP contribution in [0.1, 0.15) is 28.7 Å². The lowest BCUT2D eigenvalue weighted by Crippen LogP contribution is -2.47. The Kier molecular flexibility index (Phi) is 8.77. The number of benzene rings is 3. The fraction of sp³-hybridized carbons (Fsp3) is 0.344. The van der Waals surface area contributed by atoms with Crippen LogP contribution in [-0.2, 0) is 24.3 Å². The Hall–Kier alpha value is -3.75. The van der Waals surface area contributed by atoms with E-state index in [2.05, 4.69) is 22.4 Å². The molecule has 210 valence electrons. The summed E-state index contributed by atoms with van der Waals surface area (Å²) in [7, 11) is 3.24. The summed E-state index contributed by atoms with van der Waals surface area (Å²) in [6.45, 7) is 2.86. The first-order chi connectivity index (χ1) is 19.4. The number of amides is 1. The van der Waals surface area contributed by atoms with E-state index in [9.17, 15) is 13.6 Å². The Balaban J connectivity index is 1.30. The minimum Gasteiger partial charge on any atom is -0.493 e. The summed E-state index contributed by atoms with van der Waals surface area (Å²) in [6.07, 6.45) is 5.55. The monoisotopic (exact) mass is 547 g/mol. The molecule has 2 heterocycles. The van der Waals surface area contributed by atoms with E-state index in [1.165, 1.54) is 11.6 Å². The minimum absolute atomic E-state index is 0.0358. The number of nitrogens with zero attached hydrogens (tertiary/aromatic N) is 2. The van der Waals surface area contributed by atoms with E-state index >= 15 is 0 Å². The van der Waals surface area contributed by atoms with Crippen LogP contribution in [0.25, 0.3) is 6.08 Å². The van der Waals surface area contributed by atoms with Gasteiger partial charge in [0.05, 0.1) is 20.3 Å². The molecule has 40 heavy (non-hydrogen) atoms. The van der Waals surface area contributed by atoms with E-state index in [0.717, 1.165) is 23.6 Å². The van der Waals surface area contributed by atoms with Crippen molar-refractivity contribution < 1.29 is 23.0 Å². The molecule has 0 aromatic heterocycles. The predicted molar refractivity (Wildman–Crippen MR) is 151 cm³/mol. The first kappa shape index (κ1) is 27.8. The van der Waals surface area contributed by atoms with Crippen molar-refractivity contribution in [3.63, 3.8) is 0 Å². The molecule has 0 bridgehead atoms. The molecule has 8 heteroatoms. The Labute approximate surface area is 234 Å². The zero-order valence-corrected chi connectivity index (χ0v) is 22.9. The topological polar surface area (TPSA) is 54.0 Å². The van der Waals surface area contributed by atoms with Crippen LogP contribution in [0, 0.1) is 11.6 Å². The molecule has 1 fully saturated rings. The molecule has 0 spiro atoms. The van der Waals surface area contributed by atoms with Gasteiger partial charge in [-0.05, 0) is 59.4 Å². The summed E-state index contributed by atoms with van der Waals surface area (Å²) in [5.41, 5.74) is 4.01. The second kappa shape index (κ2) is 12.6. The van der Waals surface area contributed by atoms with Crippen molar-refractivity contribution >= 4 is 12.0 Å². The number of halogens is 2. The molecule has 3 aromatic rings. The van der Waals surface area contributed by atoms with Gasteiger partial charge in [-0.15, -0.1) is 0 Å². The highest BCUT2D eigenvalue weighted by Gasteiger charge is 2.39. The van der Waals surface area contributed by atoms with Gasteiger partial charge in [-0.2, -0.15) is 0 Å². The van der Waals surface area contributed by atoms with Crippen molar-refractivity contribution in [2.24, 2.45) is 0 Å². The second-order valence-electron chi connectivity index (χ2n) is 10.3. The van der Waals surface area contributed by atoms with E-state index in [1.54, 1.807) is 20.3 Å². The van der Waals surface area contributed by atoms with Gasteiger partial charge in [0.25, 0.3) is 0 Å². The van der Waals surface area contributed by atoms with E-state index in [-0.39, 0.29) is 18.0 Å². The Morgan fingerprint density at radius 2 is 1.75 bits per heavy atom. The van der Waals surface area contributed by atoms with Crippen molar-refractivity contribution in [2.75, 3.05) is 33.9 Å². The lowest BCUT2D eigenvalue weighted by atomic mass is 9.98. The molecule has 0 aliphatic carbocycles. The van der Waals surface area contributed by atoms with Crippen LogP contribution < -0.4 is 14.8 Å². The van der Waals surface area contributed by atoms with Gasteiger partial charge in [0.1, 0.15) is 0 Å². The Bertz CT molecular complexity index is 1370. The molecule has 2 aliphatic rings. The maximum atomic E-state index is 13.9. The standard InChI is InChI=1S/C32H35F2N3O3/c1-39-30-16-24-12-14-37(20-25(24)17-31(30)40-2)32(38)29-18-26(35-19-23-10-11-27(33)28(34)15-23)21-36(29)13-6-9-22-7-4-3-5-8-22/h3-11,15-17,26,29,35H,12-14,18-21H2,1-2H3/b9-6+/t26-,29+/m1/s1. The van der Waals surface area contributed by atoms with Crippen LogP contribution >= 0.6 is 0 Å². The Morgan fingerprint density at radius 3 is 2.48 bits per heavy atom. The maximum absolute atomic E-state index is 13.9. The van der Waals surface area contributed by atoms with Gasteiger partial charge < -0.3 is 19.7 Å². The molecule has 3 aromatic carbocycles. The number of likely N-dealkylation sites (tertiary alicyclic amines) is 1. The number of methoxy groups -OCH3 is 2. The predicted octanol–water partition coefficient (Wildman–Crippen LogP) is 4.81. The fourth-order valence-electron chi connectivity index (χ4n) is 5.59. The minimum atomic E-state index is -0.856.